The van der Waals surface area contributed by atoms with Crippen molar-refractivity contribution in [1.82, 2.24) is 10.2 Å². The molecule has 3 fully saturated rings. The predicted molar refractivity (Wildman–Crippen MR) is 115 cm³/mol. The molecule has 28 heavy (non-hydrogen) atoms. The maximum Gasteiger partial charge on any atom is 0.239 e. The van der Waals surface area contributed by atoms with Crippen molar-refractivity contribution in [3.8, 4) is 0 Å². The number of nitrogens with zero attached hydrogens (tertiary/aromatic N) is 2. The first-order chi connectivity index (χ1) is 13.5. The van der Waals surface area contributed by atoms with Crippen LogP contribution < -0.4 is 9.62 Å². The average molecular weight is 406 g/mol. The monoisotopic (exact) mass is 405 g/mol. The van der Waals surface area contributed by atoms with E-state index in [4.69, 9.17) is 0 Å². The lowest BCUT2D eigenvalue weighted by Crippen LogP contribution is -2.49. The van der Waals surface area contributed by atoms with Crippen LogP contribution in [0.2, 0.25) is 0 Å². The lowest BCUT2D eigenvalue weighted by atomic mass is 10.0. The number of rotatable bonds is 5. The number of piperidine rings is 2. The SMILES string of the molecule is CC(C1CCCCN1)S(=O)(=O)N(C)c1ccc([C@H]2CC[C@H]3CCCCN32)cc1. The molecule has 0 aliphatic carbocycles. The fraction of sp³-hybridized carbons (Fsp3) is 0.727. The summed E-state index contributed by atoms with van der Waals surface area (Å²) in [5, 5.41) is 2.98. The Kier molecular flexibility index (Phi) is 6.00. The van der Waals surface area contributed by atoms with Gasteiger partial charge in [-0.1, -0.05) is 25.0 Å². The van der Waals surface area contributed by atoms with Gasteiger partial charge in [0.05, 0.1) is 10.9 Å². The smallest absolute Gasteiger partial charge is 0.239 e. The molecule has 1 N–H and O–H groups in total. The maximum absolute atomic E-state index is 13.1. The van der Waals surface area contributed by atoms with E-state index in [0.29, 0.717) is 6.04 Å². The topological polar surface area (TPSA) is 52.7 Å². The number of hydrogen-bond acceptors (Lipinski definition) is 4. The Morgan fingerprint density at radius 2 is 1.79 bits per heavy atom. The molecule has 0 amide bonds. The summed E-state index contributed by atoms with van der Waals surface area (Å²) in [6, 6.07) is 9.59. The summed E-state index contributed by atoms with van der Waals surface area (Å²) in [4.78, 5) is 2.68. The van der Waals surface area contributed by atoms with Crippen LogP contribution >= 0.6 is 0 Å². The van der Waals surface area contributed by atoms with E-state index in [1.807, 2.05) is 19.1 Å². The minimum Gasteiger partial charge on any atom is -0.313 e. The van der Waals surface area contributed by atoms with E-state index >= 15 is 0 Å². The zero-order valence-corrected chi connectivity index (χ0v) is 18.1. The molecular weight excluding hydrogens is 370 g/mol. The minimum atomic E-state index is -3.38. The van der Waals surface area contributed by atoms with Crippen LogP contribution in [0.25, 0.3) is 0 Å². The summed E-state index contributed by atoms with van der Waals surface area (Å²) in [7, 11) is -1.69. The summed E-state index contributed by atoms with van der Waals surface area (Å²) in [6.45, 7) is 3.97. The largest absolute Gasteiger partial charge is 0.313 e. The van der Waals surface area contributed by atoms with E-state index in [1.54, 1.807) is 7.05 Å². The van der Waals surface area contributed by atoms with E-state index in [9.17, 15) is 8.42 Å². The quantitative estimate of drug-likeness (QED) is 0.812. The Labute approximate surface area is 170 Å². The third kappa shape index (κ3) is 3.83. The van der Waals surface area contributed by atoms with Gasteiger partial charge in [-0.15, -0.1) is 0 Å². The van der Waals surface area contributed by atoms with Gasteiger partial charge < -0.3 is 5.32 Å². The van der Waals surface area contributed by atoms with Gasteiger partial charge in [0.1, 0.15) is 0 Å². The Balaban J connectivity index is 1.47. The van der Waals surface area contributed by atoms with Crippen molar-refractivity contribution < 1.29 is 8.42 Å². The molecule has 4 atom stereocenters. The molecule has 0 saturated carbocycles. The molecule has 3 saturated heterocycles. The standard InChI is InChI=1S/C22H35N3O2S/c1-17(21-8-3-5-15-23-21)28(26,27)24(2)19-11-9-18(10-12-19)22-14-13-20-7-4-6-16-25(20)22/h9-12,17,20-23H,3-8,13-16H2,1-2H3/t17?,20-,21?,22-/m1/s1. The van der Waals surface area contributed by atoms with Crippen molar-refractivity contribution in [1.29, 1.82) is 0 Å². The van der Waals surface area contributed by atoms with Gasteiger partial charge in [-0.2, -0.15) is 0 Å². The highest BCUT2D eigenvalue weighted by molar-refractivity contribution is 7.93. The average Bonchev–Trinajstić information content (AvgIpc) is 3.17. The highest BCUT2D eigenvalue weighted by Crippen LogP contribution is 2.40. The van der Waals surface area contributed by atoms with E-state index < -0.39 is 15.3 Å². The molecule has 0 aromatic heterocycles. The third-order valence-electron chi connectivity index (χ3n) is 7.25. The molecule has 5 nitrogen and oxygen atoms in total. The van der Waals surface area contributed by atoms with Crippen molar-refractivity contribution in [2.45, 2.75) is 81.7 Å². The number of fused-ring (bicyclic) bond motifs is 1. The summed E-state index contributed by atoms with van der Waals surface area (Å²) >= 11 is 0. The normalized spacial score (nSPS) is 30.0. The fourth-order valence-electron chi connectivity index (χ4n) is 5.41. The van der Waals surface area contributed by atoms with Crippen LogP contribution in [0.3, 0.4) is 0 Å². The van der Waals surface area contributed by atoms with Crippen molar-refractivity contribution in [2.75, 3.05) is 24.4 Å². The number of anilines is 1. The number of benzene rings is 1. The summed E-state index contributed by atoms with van der Waals surface area (Å²) in [6.07, 6.45) is 9.71. The second kappa shape index (κ2) is 8.33. The Bertz CT molecular complexity index is 758. The first-order valence-electron chi connectivity index (χ1n) is 11.1. The Morgan fingerprint density at radius 3 is 2.50 bits per heavy atom. The van der Waals surface area contributed by atoms with Gasteiger partial charge >= 0.3 is 0 Å². The first-order valence-corrected chi connectivity index (χ1v) is 12.6. The van der Waals surface area contributed by atoms with Gasteiger partial charge in [-0.25, -0.2) is 8.42 Å². The van der Waals surface area contributed by atoms with Crippen LogP contribution in [-0.2, 0) is 10.0 Å². The van der Waals surface area contributed by atoms with Crippen molar-refractivity contribution >= 4 is 15.7 Å². The van der Waals surface area contributed by atoms with Crippen LogP contribution in [0.15, 0.2) is 24.3 Å². The third-order valence-corrected chi connectivity index (χ3v) is 9.50. The van der Waals surface area contributed by atoms with Crippen molar-refractivity contribution in [3.05, 3.63) is 29.8 Å². The van der Waals surface area contributed by atoms with Gasteiger partial charge in [0.2, 0.25) is 10.0 Å². The van der Waals surface area contributed by atoms with Crippen LogP contribution in [0, 0.1) is 0 Å². The Morgan fingerprint density at radius 1 is 1.04 bits per heavy atom. The van der Waals surface area contributed by atoms with Crippen LogP contribution in [0.4, 0.5) is 5.69 Å². The number of sulfonamides is 1. The van der Waals surface area contributed by atoms with Gasteiger partial charge in [0, 0.05) is 25.2 Å². The number of hydrogen-bond donors (Lipinski definition) is 1. The predicted octanol–water partition coefficient (Wildman–Crippen LogP) is 3.67. The highest BCUT2D eigenvalue weighted by Gasteiger charge is 2.36. The fourth-order valence-corrected chi connectivity index (χ4v) is 6.97. The van der Waals surface area contributed by atoms with E-state index in [1.165, 1.54) is 48.5 Å². The first kappa shape index (κ1) is 20.2. The minimum absolute atomic E-state index is 0.0509. The molecule has 156 valence electrons. The van der Waals surface area contributed by atoms with Crippen molar-refractivity contribution in [3.63, 3.8) is 0 Å². The lowest BCUT2D eigenvalue weighted by molar-refractivity contribution is 0.150. The molecule has 0 radical (unpaired) electrons. The molecule has 0 bridgehead atoms. The second-order valence-corrected chi connectivity index (χ2v) is 11.2. The van der Waals surface area contributed by atoms with Crippen LogP contribution in [0.1, 0.15) is 69.9 Å². The molecule has 1 aromatic rings. The lowest BCUT2D eigenvalue weighted by Gasteiger charge is -2.34. The molecule has 3 aliphatic rings. The van der Waals surface area contributed by atoms with Gasteiger partial charge in [-0.3, -0.25) is 9.21 Å². The molecule has 2 unspecified atom stereocenters. The molecule has 6 heteroatoms. The maximum atomic E-state index is 13.1. The summed E-state index contributed by atoms with van der Waals surface area (Å²) < 4.78 is 27.8. The van der Waals surface area contributed by atoms with Crippen LogP contribution in [0.5, 0.6) is 0 Å². The summed E-state index contributed by atoms with van der Waals surface area (Å²) in [5.41, 5.74) is 2.10. The Hall–Kier alpha value is -1.11. The molecule has 1 aromatic carbocycles. The zero-order chi connectivity index (χ0) is 19.7. The van der Waals surface area contributed by atoms with E-state index in [2.05, 4.69) is 22.3 Å². The van der Waals surface area contributed by atoms with E-state index in [-0.39, 0.29) is 6.04 Å². The highest BCUT2D eigenvalue weighted by atomic mass is 32.2. The van der Waals surface area contributed by atoms with Gasteiger partial charge in [0.25, 0.3) is 0 Å². The summed E-state index contributed by atoms with van der Waals surface area (Å²) in [5.74, 6) is 0. The van der Waals surface area contributed by atoms with Gasteiger partial charge in [0.15, 0.2) is 0 Å². The molecular formula is C22H35N3O2S. The zero-order valence-electron chi connectivity index (χ0n) is 17.3. The second-order valence-electron chi connectivity index (χ2n) is 8.85. The molecule has 0 spiro atoms. The van der Waals surface area contributed by atoms with Crippen molar-refractivity contribution in [2.24, 2.45) is 0 Å². The van der Waals surface area contributed by atoms with Gasteiger partial charge in [-0.05, 0) is 76.2 Å². The molecule has 4 rings (SSSR count). The molecule has 3 aliphatic heterocycles. The number of nitrogens with one attached hydrogen (secondary N) is 1. The van der Waals surface area contributed by atoms with Crippen LogP contribution in [-0.4, -0.2) is 50.8 Å². The van der Waals surface area contributed by atoms with E-state index in [0.717, 1.165) is 37.5 Å². The molecule has 3 heterocycles.